The normalized spacial score (nSPS) is 11.4. The molecule has 0 amide bonds. The van der Waals surface area contributed by atoms with Crippen LogP contribution in [0.4, 0.5) is 4.39 Å². The molecule has 1 aromatic carbocycles. The third kappa shape index (κ3) is 7.54. The Labute approximate surface area is 167 Å². The average molecular weight is 437 g/mol. The summed E-state index contributed by atoms with van der Waals surface area (Å²) in [5.74, 6) is 0.563. The molecule has 0 atom stereocenters. The molecule has 2 aromatic rings. The minimum Gasteiger partial charge on any atom is -0.356 e. The molecule has 2 rings (SSSR count). The highest BCUT2D eigenvalue weighted by Crippen LogP contribution is 2.16. The van der Waals surface area contributed by atoms with Gasteiger partial charge in [-0.3, -0.25) is 9.79 Å². The van der Waals surface area contributed by atoms with Crippen LogP contribution in [0, 0.1) is 5.82 Å². The molecule has 2 N–H and O–H groups in total. The lowest BCUT2D eigenvalue weighted by Crippen LogP contribution is -2.38. The second kappa shape index (κ2) is 11.5. The van der Waals surface area contributed by atoms with Crippen molar-refractivity contribution >= 4 is 21.9 Å². The summed E-state index contributed by atoms with van der Waals surface area (Å²) in [6.45, 7) is 2.21. The van der Waals surface area contributed by atoms with E-state index in [-0.39, 0.29) is 11.4 Å². The van der Waals surface area contributed by atoms with Crippen molar-refractivity contribution in [3.63, 3.8) is 0 Å². The molecule has 27 heavy (non-hydrogen) atoms. The lowest BCUT2D eigenvalue weighted by atomic mass is 10.1. The Kier molecular flexibility index (Phi) is 9.04. The van der Waals surface area contributed by atoms with Gasteiger partial charge in [-0.25, -0.2) is 4.39 Å². The highest BCUT2D eigenvalue weighted by Gasteiger charge is 2.03. The van der Waals surface area contributed by atoms with Crippen LogP contribution >= 0.6 is 15.9 Å². The van der Waals surface area contributed by atoms with Crippen molar-refractivity contribution in [1.82, 2.24) is 15.2 Å². The molecule has 0 aliphatic heterocycles. The zero-order valence-corrected chi connectivity index (χ0v) is 17.1. The van der Waals surface area contributed by atoms with Gasteiger partial charge in [0.2, 0.25) is 5.56 Å². The van der Waals surface area contributed by atoms with E-state index < -0.39 is 0 Å². The molecule has 0 aliphatic rings. The van der Waals surface area contributed by atoms with E-state index in [9.17, 15) is 9.18 Å². The number of unbranched alkanes of at least 4 members (excludes halogenated alkanes) is 1. The zero-order chi connectivity index (χ0) is 19.5. The summed E-state index contributed by atoms with van der Waals surface area (Å²) in [5, 5.41) is 6.50. The summed E-state index contributed by atoms with van der Waals surface area (Å²) in [6.07, 6.45) is 5.15. The van der Waals surface area contributed by atoms with Gasteiger partial charge in [-0.2, -0.15) is 0 Å². The maximum atomic E-state index is 13.8. The summed E-state index contributed by atoms with van der Waals surface area (Å²) in [4.78, 5) is 15.8. The first-order chi connectivity index (χ1) is 13.1. The van der Waals surface area contributed by atoms with E-state index in [1.165, 1.54) is 6.07 Å². The Morgan fingerprint density at radius 3 is 2.63 bits per heavy atom. The maximum absolute atomic E-state index is 13.8. The molecule has 0 radical (unpaired) electrons. The van der Waals surface area contributed by atoms with Gasteiger partial charge in [0, 0.05) is 43.4 Å². The van der Waals surface area contributed by atoms with Gasteiger partial charge in [-0.1, -0.05) is 28.1 Å². The number of aryl methyl sites for hydroxylation is 2. The number of aliphatic imine (C=N–C) groups is 1. The molecule has 0 unspecified atom stereocenters. The number of aromatic nitrogens is 1. The van der Waals surface area contributed by atoms with Gasteiger partial charge in [0.15, 0.2) is 5.96 Å². The van der Waals surface area contributed by atoms with Crippen LogP contribution < -0.4 is 16.2 Å². The summed E-state index contributed by atoms with van der Waals surface area (Å²) < 4.78 is 16.3. The number of guanidine groups is 1. The first-order valence-electron chi connectivity index (χ1n) is 9.14. The van der Waals surface area contributed by atoms with Crippen LogP contribution in [0.2, 0.25) is 0 Å². The molecule has 1 heterocycles. The second-order valence-electron chi connectivity index (χ2n) is 6.20. The quantitative estimate of drug-likeness (QED) is 0.360. The molecule has 0 spiro atoms. The number of hydrogen-bond donors (Lipinski definition) is 2. The van der Waals surface area contributed by atoms with Crippen molar-refractivity contribution in [3.05, 3.63) is 68.8 Å². The van der Waals surface area contributed by atoms with Crippen molar-refractivity contribution in [2.75, 3.05) is 20.1 Å². The molecule has 0 fully saturated rings. The summed E-state index contributed by atoms with van der Waals surface area (Å²) in [5.41, 5.74) is 0.754. The van der Waals surface area contributed by atoms with Gasteiger partial charge in [-0.05, 0) is 49.4 Å². The summed E-state index contributed by atoms with van der Waals surface area (Å²) in [6, 6.07) is 10.4. The van der Waals surface area contributed by atoms with E-state index in [1.54, 1.807) is 23.7 Å². The van der Waals surface area contributed by atoms with Crippen LogP contribution in [0.3, 0.4) is 0 Å². The molecule has 5 nitrogen and oxygen atoms in total. The Morgan fingerprint density at radius 2 is 1.93 bits per heavy atom. The average Bonchev–Trinajstić information content (AvgIpc) is 2.66. The first kappa shape index (κ1) is 21.2. The van der Waals surface area contributed by atoms with Gasteiger partial charge >= 0.3 is 0 Å². The molecular formula is C20H26BrFN4O. The van der Waals surface area contributed by atoms with E-state index >= 15 is 0 Å². The Morgan fingerprint density at radius 1 is 1.15 bits per heavy atom. The monoisotopic (exact) mass is 436 g/mol. The number of nitrogens with one attached hydrogen (secondary N) is 2. The van der Waals surface area contributed by atoms with E-state index in [0.717, 1.165) is 41.8 Å². The van der Waals surface area contributed by atoms with Crippen LogP contribution in [0.15, 0.2) is 56.9 Å². The fraction of sp³-hybridized carbons (Fsp3) is 0.400. The predicted molar refractivity (Wildman–Crippen MR) is 112 cm³/mol. The summed E-state index contributed by atoms with van der Waals surface area (Å²) >= 11 is 3.27. The molecule has 0 saturated carbocycles. The van der Waals surface area contributed by atoms with Crippen molar-refractivity contribution in [1.29, 1.82) is 0 Å². The first-order valence-corrected chi connectivity index (χ1v) is 9.93. The number of nitrogens with zero attached hydrogens (tertiary/aromatic N) is 2. The van der Waals surface area contributed by atoms with Crippen LogP contribution in [-0.2, 0) is 13.0 Å². The number of rotatable bonds is 9. The highest BCUT2D eigenvalue weighted by molar-refractivity contribution is 9.10. The zero-order valence-electron chi connectivity index (χ0n) is 15.5. The van der Waals surface area contributed by atoms with Gasteiger partial charge in [0.25, 0.3) is 0 Å². The van der Waals surface area contributed by atoms with Crippen molar-refractivity contribution < 1.29 is 4.39 Å². The Balaban J connectivity index is 1.60. The van der Waals surface area contributed by atoms with E-state index in [1.807, 2.05) is 24.4 Å². The van der Waals surface area contributed by atoms with Crippen LogP contribution in [0.1, 0.15) is 24.8 Å². The maximum Gasteiger partial charge on any atom is 0.250 e. The van der Waals surface area contributed by atoms with Crippen molar-refractivity contribution in [3.8, 4) is 0 Å². The van der Waals surface area contributed by atoms with Crippen molar-refractivity contribution in [2.45, 2.75) is 32.2 Å². The fourth-order valence-electron chi connectivity index (χ4n) is 2.69. The standard InChI is InChI=1S/C20H26BrFN4O/c1-23-20(24-11-3-5-14-26-13-4-2-8-19(26)27)25-12-6-7-16-9-10-17(21)15-18(16)22/h2,4,8-10,13,15H,3,5-7,11-12,14H2,1H3,(H2,23,24,25). The van der Waals surface area contributed by atoms with Crippen molar-refractivity contribution in [2.24, 2.45) is 4.99 Å². The number of pyridine rings is 1. The Bertz CT molecular complexity index is 807. The lowest BCUT2D eigenvalue weighted by Gasteiger charge is -2.12. The number of hydrogen-bond acceptors (Lipinski definition) is 2. The number of halogens is 2. The molecular weight excluding hydrogens is 411 g/mol. The third-order valence-corrected chi connectivity index (χ3v) is 4.66. The van der Waals surface area contributed by atoms with E-state index in [0.29, 0.717) is 19.5 Å². The molecule has 0 saturated heterocycles. The minimum atomic E-state index is -0.176. The largest absolute Gasteiger partial charge is 0.356 e. The third-order valence-electron chi connectivity index (χ3n) is 4.17. The van der Waals surface area contributed by atoms with Gasteiger partial charge in [0.05, 0.1) is 0 Å². The van der Waals surface area contributed by atoms with Crippen LogP contribution in [0.5, 0.6) is 0 Å². The van der Waals surface area contributed by atoms with E-state index in [4.69, 9.17) is 0 Å². The molecule has 7 heteroatoms. The fourth-order valence-corrected chi connectivity index (χ4v) is 3.02. The molecule has 146 valence electrons. The smallest absolute Gasteiger partial charge is 0.250 e. The topological polar surface area (TPSA) is 58.4 Å². The molecule has 1 aromatic heterocycles. The van der Waals surface area contributed by atoms with Crippen LogP contribution in [0.25, 0.3) is 0 Å². The second-order valence-corrected chi connectivity index (χ2v) is 7.12. The predicted octanol–water partition coefficient (Wildman–Crippen LogP) is 3.33. The number of benzene rings is 1. The van der Waals surface area contributed by atoms with Crippen LogP contribution in [-0.4, -0.2) is 30.7 Å². The lowest BCUT2D eigenvalue weighted by molar-refractivity contribution is 0.584. The van der Waals surface area contributed by atoms with Gasteiger partial charge in [-0.15, -0.1) is 0 Å². The molecule has 0 aliphatic carbocycles. The summed E-state index contributed by atoms with van der Waals surface area (Å²) in [7, 11) is 1.73. The van der Waals surface area contributed by atoms with Gasteiger partial charge < -0.3 is 15.2 Å². The highest BCUT2D eigenvalue weighted by atomic mass is 79.9. The van der Waals surface area contributed by atoms with Gasteiger partial charge in [0.1, 0.15) is 5.82 Å². The van der Waals surface area contributed by atoms with E-state index in [2.05, 4.69) is 31.6 Å². The molecule has 0 bridgehead atoms. The SMILES string of the molecule is CN=C(NCCCCn1ccccc1=O)NCCCc1ccc(Br)cc1F. The Hall–Kier alpha value is -2.15. The minimum absolute atomic E-state index is 0.0325.